The van der Waals surface area contributed by atoms with Gasteiger partial charge >= 0.3 is 0 Å². The highest BCUT2D eigenvalue weighted by atomic mass is 19.1. The van der Waals surface area contributed by atoms with Crippen LogP contribution < -0.4 is 16.0 Å². The molecule has 0 radical (unpaired) electrons. The highest BCUT2D eigenvalue weighted by Crippen LogP contribution is 2.15. The Bertz CT molecular complexity index is 443. The highest BCUT2D eigenvalue weighted by Gasteiger charge is 2.13. The van der Waals surface area contributed by atoms with E-state index in [1.807, 2.05) is 20.8 Å². The molecule has 106 valence electrons. The zero-order chi connectivity index (χ0) is 14.5. The van der Waals surface area contributed by atoms with Crippen molar-refractivity contribution in [1.82, 2.24) is 15.6 Å². The minimum Gasteiger partial charge on any atom is -0.359 e. The normalized spacial score (nSPS) is 11.2. The molecule has 0 aliphatic carbocycles. The summed E-state index contributed by atoms with van der Waals surface area (Å²) in [6, 6.07) is 1.62. The van der Waals surface area contributed by atoms with E-state index in [1.54, 1.807) is 6.07 Å². The Morgan fingerprint density at radius 1 is 1.42 bits per heavy atom. The topological polar surface area (TPSA) is 66.0 Å². The zero-order valence-corrected chi connectivity index (χ0v) is 11.8. The molecule has 1 aromatic rings. The lowest BCUT2D eigenvalue weighted by atomic mass is 10.1. The summed E-state index contributed by atoms with van der Waals surface area (Å²) >= 11 is 0. The van der Waals surface area contributed by atoms with Gasteiger partial charge in [-0.05, 0) is 26.8 Å². The van der Waals surface area contributed by atoms with Crippen molar-refractivity contribution in [3.63, 3.8) is 0 Å². The number of nitrogens with zero attached hydrogens (tertiary/aromatic N) is 1. The summed E-state index contributed by atoms with van der Waals surface area (Å²) in [6.45, 7) is 6.44. The van der Waals surface area contributed by atoms with Gasteiger partial charge in [-0.1, -0.05) is 0 Å². The SMILES string of the molecule is CNC(=O)CNc1nccc(CNC(C)(C)C)c1F. The van der Waals surface area contributed by atoms with E-state index in [4.69, 9.17) is 0 Å². The summed E-state index contributed by atoms with van der Waals surface area (Å²) in [7, 11) is 1.53. The molecule has 1 rings (SSSR count). The van der Waals surface area contributed by atoms with Crippen molar-refractivity contribution in [3.8, 4) is 0 Å². The van der Waals surface area contributed by atoms with Gasteiger partial charge < -0.3 is 16.0 Å². The van der Waals surface area contributed by atoms with Crippen molar-refractivity contribution in [1.29, 1.82) is 0 Å². The molecule has 3 N–H and O–H groups in total. The summed E-state index contributed by atoms with van der Waals surface area (Å²) in [5.74, 6) is -0.556. The van der Waals surface area contributed by atoms with Crippen molar-refractivity contribution >= 4 is 11.7 Å². The fourth-order valence-corrected chi connectivity index (χ4v) is 1.36. The first-order valence-electron chi connectivity index (χ1n) is 6.16. The Kier molecular flexibility index (Phi) is 5.23. The third-order valence-electron chi connectivity index (χ3n) is 2.47. The van der Waals surface area contributed by atoms with E-state index >= 15 is 0 Å². The van der Waals surface area contributed by atoms with Gasteiger partial charge in [0.25, 0.3) is 0 Å². The van der Waals surface area contributed by atoms with Gasteiger partial charge in [0.2, 0.25) is 5.91 Å². The first-order chi connectivity index (χ1) is 8.83. The molecule has 0 fully saturated rings. The minimum atomic E-state index is -0.428. The average molecular weight is 268 g/mol. The number of hydrogen-bond acceptors (Lipinski definition) is 4. The minimum absolute atomic E-state index is 0.00340. The number of pyridine rings is 1. The Hall–Kier alpha value is -1.69. The number of amides is 1. The van der Waals surface area contributed by atoms with E-state index in [1.165, 1.54) is 13.2 Å². The van der Waals surface area contributed by atoms with Crippen LogP contribution in [0.15, 0.2) is 12.3 Å². The summed E-state index contributed by atoms with van der Waals surface area (Å²) in [5.41, 5.74) is 0.426. The molecule has 0 atom stereocenters. The van der Waals surface area contributed by atoms with Crippen LogP contribution in [0.2, 0.25) is 0 Å². The number of likely N-dealkylation sites (N-methyl/N-ethyl adjacent to an activating group) is 1. The summed E-state index contributed by atoms with van der Waals surface area (Å²) < 4.78 is 14.1. The van der Waals surface area contributed by atoms with Crippen molar-refractivity contribution in [3.05, 3.63) is 23.6 Å². The molecule has 0 aromatic carbocycles. The van der Waals surface area contributed by atoms with E-state index in [-0.39, 0.29) is 23.8 Å². The molecule has 0 bridgehead atoms. The Balaban J connectivity index is 2.72. The van der Waals surface area contributed by atoms with Crippen LogP contribution in [0.5, 0.6) is 0 Å². The third-order valence-corrected chi connectivity index (χ3v) is 2.47. The number of carbonyl (C=O) groups excluding carboxylic acids is 1. The number of anilines is 1. The Labute approximate surface area is 113 Å². The van der Waals surface area contributed by atoms with Gasteiger partial charge in [-0.15, -0.1) is 0 Å². The van der Waals surface area contributed by atoms with E-state index in [0.717, 1.165) is 0 Å². The number of hydrogen-bond donors (Lipinski definition) is 3. The van der Waals surface area contributed by atoms with E-state index in [9.17, 15) is 9.18 Å². The first kappa shape index (κ1) is 15.4. The second kappa shape index (κ2) is 6.47. The molecule has 1 heterocycles. The maximum absolute atomic E-state index is 14.1. The van der Waals surface area contributed by atoms with Crippen molar-refractivity contribution in [2.24, 2.45) is 0 Å². The largest absolute Gasteiger partial charge is 0.359 e. The lowest BCUT2D eigenvalue weighted by Crippen LogP contribution is -2.35. The molecule has 0 unspecified atom stereocenters. The van der Waals surface area contributed by atoms with Gasteiger partial charge in [0.1, 0.15) is 0 Å². The zero-order valence-electron chi connectivity index (χ0n) is 11.8. The second-order valence-corrected chi connectivity index (χ2v) is 5.26. The predicted octanol–water partition coefficient (Wildman–Crippen LogP) is 1.27. The molecular formula is C13H21FN4O. The molecule has 0 spiro atoms. The fraction of sp³-hybridized carbons (Fsp3) is 0.538. The Morgan fingerprint density at radius 3 is 2.68 bits per heavy atom. The van der Waals surface area contributed by atoms with Crippen molar-refractivity contribution in [2.45, 2.75) is 32.9 Å². The number of nitrogens with one attached hydrogen (secondary N) is 3. The standard InChI is InChI=1S/C13H21FN4O/c1-13(2,3)18-7-9-5-6-16-12(11(9)14)17-8-10(19)15-4/h5-6,18H,7-8H2,1-4H3,(H,15,19)(H,16,17). The molecule has 0 saturated carbocycles. The lowest BCUT2D eigenvalue weighted by molar-refractivity contribution is -0.118. The van der Waals surface area contributed by atoms with Gasteiger partial charge in [0, 0.05) is 30.9 Å². The fourth-order valence-electron chi connectivity index (χ4n) is 1.36. The lowest BCUT2D eigenvalue weighted by Gasteiger charge is -2.21. The summed E-state index contributed by atoms with van der Waals surface area (Å²) in [6.07, 6.45) is 1.52. The molecule has 0 saturated heterocycles. The van der Waals surface area contributed by atoms with Gasteiger partial charge in [-0.2, -0.15) is 0 Å². The summed E-state index contributed by atoms with van der Waals surface area (Å²) in [5, 5.41) is 8.33. The van der Waals surface area contributed by atoms with Crippen LogP contribution in [0.4, 0.5) is 10.2 Å². The van der Waals surface area contributed by atoms with Crippen LogP contribution in [0.25, 0.3) is 0 Å². The molecule has 1 aromatic heterocycles. The van der Waals surface area contributed by atoms with Gasteiger partial charge in [0.15, 0.2) is 11.6 Å². The second-order valence-electron chi connectivity index (χ2n) is 5.26. The number of halogens is 1. The molecule has 0 aliphatic rings. The van der Waals surface area contributed by atoms with Gasteiger partial charge in [0.05, 0.1) is 6.54 Å². The van der Waals surface area contributed by atoms with Crippen LogP contribution in [0.3, 0.4) is 0 Å². The van der Waals surface area contributed by atoms with Crippen molar-refractivity contribution in [2.75, 3.05) is 18.9 Å². The highest BCUT2D eigenvalue weighted by molar-refractivity contribution is 5.80. The molecule has 19 heavy (non-hydrogen) atoms. The van der Waals surface area contributed by atoms with Crippen LogP contribution in [-0.4, -0.2) is 30.0 Å². The predicted molar refractivity (Wildman–Crippen MR) is 73.3 cm³/mol. The molecule has 5 nitrogen and oxygen atoms in total. The smallest absolute Gasteiger partial charge is 0.239 e. The summed E-state index contributed by atoms with van der Waals surface area (Å²) in [4.78, 5) is 15.0. The molecule has 0 aliphatic heterocycles. The number of rotatable bonds is 5. The maximum Gasteiger partial charge on any atom is 0.239 e. The van der Waals surface area contributed by atoms with Gasteiger partial charge in [-0.25, -0.2) is 9.37 Å². The monoisotopic (exact) mass is 268 g/mol. The van der Waals surface area contributed by atoms with E-state index < -0.39 is 5.82 Å². The maximum atomic E-state index is 14.1. The third kappa shape index (κ3) is 5.21. The Morgan fingerprint density at radius 2 is 2.11 bits per heavy atom. The van der Waals surface area contributed by atoms with Crippen LogP contribution in [0, 0.1) is 5.82 Å². The number of aromatic nitrogens is 1. The van der Waals surface area contributed by atoms with Crippen LogP contribution in [-0.2, 0) is 11.3 Å². The number of carbonyl (C=O) groups is 1. The molecule has 6 heteroatoms. The van der Waals surface area contributed by atoms with Crippen molar-refractivity contribution < 1.29 is 9.18 Å². The first-order valence-corrected chi connectivity index (χ1v) is 6.16. The van der Waals surface area contributed by atoms with Crippen LogP contribution >= 0.6 is 0 Å². The van der Waals surface area contributed by atoms with Crippen LogP contribution in [0.1, 0.15) is 26.3 Å². The van der Waals surface area contributed by atoms with Gasteiger partial charge in [-0.3, -0.25) is 4.79 Å². The van der Waals surface area contributed by atoms with E-state index in [0.29, 0.717) is 12.1 Å². The molecule has 1 amide bonds. The van der Waals surface area contributed by atoms with E-state index in [2.05, 4.69) is 20.9 Å². The quantitative estimate of drug-likeness (QED) is 0.752. The molecular weight excluding hydrogens is 247 g/mol. The average Bonchev–Trinajstić information content (AvgIpc) is 2.34.